The quantitative estimate of drug-likeness (QED) is 0.600. The third kappa shape index (κ3) is 4.77. The zero-order valence-electron chi connectivity index (χ0n) is 16.9. The molecule has 3 heteroatoms. The number of amides is 1. The molecule has 1 saturated carbocycles. The van der Waals surface area contributed by atoms with Crippen LogP contribution < -0.4 is 5.32 Å². The number of carbonyl (C=O) groups excluding carboxylic acids is 1. The highest BCUT2D eigenvalue weighted by atomic mass is 16.1. The van der Waals surface area contributed by atoms with Crippen LogP contribution in [-0.2, 0) is 0 Å². The predicted octanol–water partition coefficient (Wildman–Crippen LogP) is 5.48. The molecule has 1 aliphatic rings. The van der Waals surface area contributed by atoms with E-state index < -0.39 is 0 Å². The van der Waals surface area contributed by atoms with Crippen molar-refractivity contribution in [1.29, 1.82) is 5.26 Å². The van der Waals surface area contributed by atoms with Crippen LogP contribution in [0.3, 0.4) is 0 Å². The highest BCUT2D eigenvalue weighted by molar-refractivity contribution is 5.94. The van der Waals surface area contributed by atoms with E-state index in [4.69, 9.17) is 5.26 Å². The van der Waals surface area contributed by atoms with Crippen LogP contribution in [-0.4, -0.2) is 5.91 Å². The van der Waals surface area contributed by atoms with E-state index in [1.165, 1.54) is 12.8 Å². The third-order valence-corrected chi connectivity index (χ3v) is 5.23. The van der Waals surface area contributed by atoms with E-state index in [1.807, 2.05) is 73.7 Å². The molecule has 0 bridgehead atoms. The standard InChI is InChI=1S/C27H22N2O/c1-19(23-13-15-24(16-14-23)26-4-2-3-22(17-26)18-28)29-27(30)25-11-9-21(10-12-25)8-7-20-5-6-20/h2-4,9-17,19-20H,5-6H2,1H3,(H,29,30). The minimum absolute atomic E-state index is 0.102. The first-order valence-corrected chi connectivity index (χ1v) is 10.2. The Hall–Kier alpha value is -3.82. The average molecular weight is 390 g/mol. The minimum atomic E-state index is -0.119. The van der Waals surface area contributed by atoms with E-state index in [-0.39, 0.29) is 11.9 Å². The van der Waals surface area contributed by atoms with Crippen molar-refractivity contribution in [1.82, 2.24) is 5.32 Å². The molecule has 30 heavy (non-hydrogen) atoms. The highest BCUT2D eigenvalue weighted by Crippen LogP contribution is 2.27. The van der Waals surface area contributed by atoms with Crippen LogP contribution >= 0.6 is 0 Å². The molecular weight excluding hydrogens is 368 g/mol. The molecular formula is C27H22N2O. The number of hydrogen-bond donors (Lipinski definition) is 1. The van der Waals surface area contributed by atoms with Gasteiger partial charge in [0, 0.05) is 17.0 Å². The molecule has 0 aliphatic heterocycles. The van der Waals surface area contributed by atoms with Crippen molar-refractivity contribution in [3.8, 4) is 29.0 Å². The van der Waals surface area contributed by atoms with Gasteiger partial charge in [0.2, 0.25) is 0 Å². The summed E-state index contributed by atoms with van der Waals surface area (Å²) < 4.78 is 0. The van der Waals surface area contributed by atoms with Crippen LogP contribution in [0.5, 0.6) is 0 Å². The second kappa shape index (κ2) is 8.68. The molecule has 3 aromatic rings. The monoisotopic (exact) mass is 390 g/mol. The van der Waals surface area contributed by atoms with Gasteiger partial charge in [0.05, 0.1) is 17.7 Å². The Morgan fingerprint density at radius 3 is 2.37 bits per heavy atom. The van der Waals surface area contributed by atoms with Crippen LogP contribution in [0.1, 0.15) is 52.9 Å². The van der Waals surface area contributed by atoms with Crippen LogP contribution in [0.2, 0.25) is 0 Å². The van der Waals surface area contributed by atoms with Crippen LogP contribution in [0, 0.1) is 29.1 Å². The first-order valence-electron chi connectivity index (χ1n) is 10.2. The summed E-state index contributed by atoms with van der Waals surface area (Å²) in [5.74, 6) is 6.86. The first-order chi connectivity index (χ1) is 14.6. The maximum absolute atomic E-state index is 12.6. The zero-order valence-corrected chi connectivity index (χ0v) is 16.9. The van der Waals surface area contributed by atoms with Crippen molar-refractivity contribution in [2.75, 3.05) is 0 Å². The summed E-state index contributed by atoms with van der Waals surface area (Å²) in [5, 5.41) is 12.1. The Labute approximate surface area is 177 Å². The number of rotatable bonds is 4. The molecule has 1 unspecified atom stereocenters. The molecule has 0 aromatic heterocycles. The van der Waals surface area contributed by atoms with Gasteiger partial charge in [-0.25, -0.2) is 0 Å². The second-order valence-electron chi connectivity index (χ2n) is 7.63. The highest BCUT2D eigenvalue weighted by Gasteiger charge is 2.17. The van der Waals surface area contributed by atoms with Crippen LogP contribution in [0.4, 0.5) is 0 Å². The van der Waals surface area contributed by atoms with Crippen molar-refractivity contribution in [2.45, 2.75) is 25.8 Å². The van der Waals surface area contributed by atoms with Gasteiger partial charge in [0.15, 0.2) is 0 Å². The van der Waals surface area contributed by atoms with Crippen LogP contribution in [0.15, 0.2) is 72.8 Å². The van der Waals surface area contributed by atoms with Gasteiger partial charge in [0.25, 0.3) is 5.91 Å². The molecule has 3 aromatic carbocycles. The van der Waals surface area contributed by atoms with E-state index in [9.17, 15) is 4.79 Å². The Kier molecular flexibility index (Phi) is 5.64. The van der Waals surface area contributed by atoms with Gasteiger partial charge in [-0.2, -0.15) is 5.26 Å². The summed E-state index contributed by atoms with van der Waals surface area (Å²) in [6.45, 7) is 1.97. The summed E-state index contributed by atoms with van der Waals surface area (Å²) in [5.41, 5.74) is 5.28. The largest absolute Gasteiger partial charge is 0.346 e. The van der Waals surface area contributed by atoms with Gasteiger partial charge in [-0.15, -0.1) is 0 Å². The van der Waals surface area contributed by atoms with Crippen molar-refractivity contribution in [3.63, 3.8) is 0 Å². The number of benzene rings is 3. The topological polar surface area (TPSA) is 52.9 Å². The lowest BCUT2D eigenvalue weighted by molar-refractivity contribution is 0.0940. The maximum Gasteiger partial charge on any atom is 0.251 e. The fourth-order valence-electron chi connectivity index (χ4n) is 3.21. The van der Waals surface area contributed by atoms with Crippen molar-refractivity contribution < 1.29 is 4.79 Å². The molecule has 3 nitrogen and oxygen atoms in total. The zero-order chi connectivity index (χ0) is 20.9. The fraction of sp³-hybridized carbons (Fsp3) is 0.185. The molecule has 0 spiro atoms. The van der Waals surface area contributed by atoms with Gasteiger partial charge in [-0.05, 0) is 72.9 Å². The van der Waals surface area contributed by atoms with E-state index in [2.05, 4.69) is 23.2 Å². The number of nitrogens with one attached hydrogen (secondary N) is 1. The number of nitriles is 1. The van der Waals surface area contributed by atoms with Gasteiger partial charge >= 0.3 is 0 Å². The Bertz CT molecular complexity index is 1150. The lowest BCUT2D eigenvalue weighted by Gasteiger charge is -2.15. The Balaban J connectivity index is 1.40. The van der Waals surface area contributed by atoms with E-state index in [0.717, 1.165) is 22.3 Å². The Morgan fingerprint density at radius 2 is 1.70 bits per heavy atom. The van der Waals surface area contributed by atoms with E-state index >= 15 is 0 Å². The van der Waals surface area contributed by atoms with Gasteiger partial charge in [-0.1, -0.05) is 48.2 Å². The Morgan fingerprint density at radius 1 is 0.967 bits per heavy atom. The maximum atomic E-state index is 12.6. The first kappa shape index (κ1) is 19.5. The van der Waals surface area contributed by atoms with Gasteiger partial charge in [0.1, 0.15) is 0 Å². The molecule has 1 N–H and O–H groups in total. The lowest BCUT2D eigenvalue weighted by Crippen LogP contribution is -2.26. The van der Waals surface area contributed by atoms with E-state index in [0.29, 0.717) is 17.0 Å². The normalized spacial score (nSPS) is 13.5. The summed E-state index contributed by atoms with van der Waals surface area (Å²) in [6.07, 6.45) is 2.41. The smallest absolute Gasteiger partial charge is 0.251 e. The molecule has 0 heterocycles. The molecule has 4 rings (SSSR count). The summed E-state index contributed by atoms with van der Waals surface area (Å²) in [6, 6.07) is 25.1. The number of nitrogens with zero attached hydrogens (tertiary/aromatic N) is 1. The molecule has 1 atom stereocenters. The van der Waals surface area contributed by atoms with Crippen molar-refractivity contribution >= 4 is 5.91 Å². The number of hydrogen-bond acceptors (Lipinski definition) is 2. The van der Waals surface area contributed by atoms with Crippen molar-refractivity contribution in [3.05, 3.63) is 95.1 Å². The summed E-state index contributed by atoms with van der Waals surface area (Å²) in [7, 11) is 0. The van der Waals surface area contributed by atoms with Gasteiger partial charge < -0.3 is 5.32 Å². The fourth-order valence-corrected chi connectivity index (χ4v) is 3.21. The second-order valence-corrected chi connectivity index (χ2v) is 7.63. The predicted molar refractivity (Wildman–Crippen MR) is 119 cm³/mol. The molecule has 1 amide bonds. The lowest BCUT2D eigenvalue weighted by atomic mass is 10.00. The summed E-state index contributed by atoms with van der Waals surface area (Å²) in [4.78, 5) is 12.6. The van der Waals surface area contributed by atoms with E-state index in [1.54, 1.807) is 6.07 Å². The van der Waals surface area contributed by atoms with Crippen molar-refractivity contribution in [2.24, 2.45) is 5.92 Å². The molecule has 0 radical (unpaired) electrons. The third-order valence-electron chi connectivity index (χ3n) is 5.23. The van der Waals surface area contributed by atoms with Gasteiger partial charge in [-0.3, -0.25) is 4.79 Å². The van der Waals surface area contributed by atoms with Crippen LogP contribution in [0.25, 0.3) is 11.1 Å². The SMILES string of the molecule is CC(NC(=O)c1ccc(C#CC2CC2)cc1)c1ccc(-c2cccc(C#N)c2)cc1. The summed E-state index contributed by atoms with van der Waals surface area (Å²) >= 11 is 0. The molecule has 146 valence electrons. The number of carbonyl (C=O) groups is 1. The molecule has 0 saturated heterocycles. The average Bonchev–Trinajstić information content (AvgIpc) is 3.63. The molecule has 1 fully saturated rings. The molecule has 1 aliphatic carbocycles. The minimum Gasteiger partial charge on any atom is -0.346 e.